The third-order valence-corrected chi connectivity index (χ3v) is 3.44. The molecule has 0 spiro atoms. The molecule has 1 N–H and O–H groups in total. The minimum atomic E-state index is -0.213. The molecule has 2 aromatic rings. The van der Waals surface area contributed by atoms with Crippen molar-refractivity contribution in [3.63, 3.8) is 0 Å². The molecule has 0 fully saturated rings. The molecule has 2 rings (SSSR count). The summed E-state index contributed by atoms with van der Waals surface area (Å²) < 4.78 is 0.646. The minimum Gasteiger partial charge on any atom is -0.321 e. The molecule has 1 heterocycles. The number of rotatable bonds is 3. The Hall–Kier alpha value is -1.33. The average Bonchev–Trinajstić information content (AvgIpc) is 2.39. The van der Waals surface area contributed by atoms with E-state index in [0.717, 1.165) is 10.6 Å². The van der Waals surface area contributed by atoms with Crippen molar-refractivity contribution < 1.29 is 4.79 Å². The summed E-state index contributed by atoms with van der Waals surface area (Å²) in [5.74, 6) is -0.213. The zero-order valence-corrected chi connectivity index (χ0v) is 12.1. The summed E-state index contributed by atoms with van der Waals surface area (Å²) in [5.41, 5.74) is 1.16. The monoisotopic (exact) mass is 322 g/mol. The Kier molecular flexibility index (Phi) is 4.38. The summed E-state index contributed by atoms with van der Waals surface area (Å²) in [6.45, 7) is 0. The van der Waals surface area contributed by atoms with Crippen LogP contribution in [0.4, 0.5) is 5.69 Å². The molecule has 0 aliphatic carbocycles. The van der Waals surface area contributed by atoms with Crippen LogP contribution in [-0.4, -0.2) is 17.1 Å². The second-order valence-electron chi connectivity index (χ2n) is 3.53. The molecule has 0 saturated carbocycles. The van der Waals surface area contributed by atoms with Crippen LogP contribution in [0.2, 0.25) is 0 Å². The van der Waals surface area contributed by atoms with E-state index in [1.54, 1.807) is 30.0 Å². The number of benzene rings is 1. The zero-order valence-electron chi connectivity index (χ0n) is 9.68. The maximum atomic E-state index is 12.0. The largest absolute Gasteiger partial charge is 0.321 e. The van der Waals surface area contributed by atoms with Crippen molar-refractivity contribution >= 4 is 39.3 Å². The number of amides is 1. The lowest BCUT2D eigenvalue weighted by atomic mass is 10.3. The minimum absolute atomic E-state index is 0.213. The van der Waals surface area contributed by atoms with E-state index < -0.39 is 0 Å². The van der Waals surface area contributed by atoms with Crippen LogP contribution in [0.15, 0.2) is 52.0 Å². The molecule has 1 aromatic carbocycles. The Morgan fingerprint density at radius 1 is 1.28 bits per heavy atom. The number of carbonyl (C=O) groups is 1. The van der Waals surface area contributed by atoms with Gasteiger partial charge in [0.25, 0.3) is 5.91 Å². The van der Waals surface area contributed by atoms with Crippen LogP contribution in [0.3, 0.4) is 0 Å². The lowest BCUT2D eigenvalue weighted by molar-refractivity contribution is 0.102. The van der Waals surface area contributed by atoms with Gasteiger partial charge in [-0.2, -0.15) is 0 Å². The molecule has 0 unspecified atom stereocenters. The van der Waals surface area contributed by atoms with E-state index in [0.29, 0.717) is 10.3 Å². The van der Waals surface area contributed by atoms with E-state index >= 15 is 0 Å². The van der Waals surface area contributed by atoms with E-state index in [-0.39, 0.29) is 5.91 Å². The van der Waals surface area contributed by atoms with Crippen LogP contribution >= 0.6 is 27.7 Å². The Bertz CT molecular complexity index is 574. The van der Waals surface area contributed by atoms with Gasteiger partial charge in [0.05, 0.1) is 0 Å². The number of thioether (sulfide) groups is 1. The summed E-state index contributed by atoms with van der Waals surface area (Å²) in [4.78, 5) is 17.2. The highest BCUT2D eigenvalue weighted by Crippen LogP contribution is 2.19. The van der Waals surface area contributed by atoms with Gasteiger partial charge >= 0.3 is 0 Å². The summed E-state index contributed by atoms with van der Waals surface area (Å²) in [6, 6.07) is 12.9. The van der Waals surface area contributed by atoms with E-state index in [2.05, 4.69) is 26.2 Å². The predicted octanol–water partition coefficient (Wildman–Crippen LogP) is 3.82. The van der Waals surface area contributed by atoms with Gasteiger partial charge in [-0.25, -0.2) is 4.98 Å². The Morgan fingerprint density at radius 2 is 2.06 bits per heavy atom. The van der Waals surface area contributed by atoms with Crippen LogP contribution in [-0.2, 0) is 0 Å². The molecule has 0 aliphatic rings. The molecular weight excluding hydrogens is 312 g/mol. The fraction of sp³-hybridized carbons (Fsp3) is 0.0769. The summed E-state index contributed by atoms with van der Waals surface area (Å²) in [7, 11) is 0. The number of aromatic nitrogens is 1. The smallest absolute Gasteiger partial charge is 0.274 e. The molecule has 0 aliphatic heterocycles. The number of halogens is 1. The van der Waals surface area contributed by atoms with Gasteiger partial charge in [-0.3, -0.25) is 4.79 Å². The van der Waals surface area contributed by atoms with E-state index in [1.165, 1.54) is 0 Å². The van der Waals surface area contributed by atoms with Gasteiger partial charge < -0.3 is 5.32 Å². The number of hydrogen-bond donors (Lipinski definition) is 1. The lowest BCUT2D eigenvalue weighted by Gasteiger charge is -2.06. The average molecular weight is 323 g/mol. The lowest BCUT2D eigenvalue weighted by Crippen LogP contribution is -2.13. The molecule has 0 bridgehead atoms. The Morgan fingerprint density at radius 3 is 2.78 bits per heavy atom. The molecule has 0 saturated heterocycles. The van der Waals surface area contributed by atoms with E-state index in [1.807, 2.05) is 30.5 Å². The molecule has 3 nitrogen and oxygen atoms in total. The van der Waals surface area contributed by atoms with Crippen LogP contribution in [0, 0.1) is 0 Å². The van der Waals surface area contributed by atoms with Gasteiger partial charge in [-0.15, -0.1) is 11.8 Å². The summed E-state index contributed by atoms with van der Waals surface area (Å²) in [5, 5.41) is 2.82. The number of nitrogens with one attached hydrogen (secondary N) is 1. The maximum absolute atomic E-state index is 12.0. The van der Waals surface area contributed by atoms with Gasteiger partial charge in [0, 0.05) is 10.6 Å². The van der Waals surface area contributed by atoms with Crippen LogP contribution < -0.4 is 5.32 Å². The summed E-state index contributed by atoms with van der Waals surface area (Å²) in [6.07, 6.45) is 2.00. The molecule has 92 valence electrons. The SMILES string of the molecule is CSc1cccc(NC(=O)c2cccc(Br)n2)c1. The molecule has 1 aromatic heterocycles. The van der Waals surface area contributed by atoms with Crippen molar-refractivity contribution in [3.8, 4) is 0 Å². The summed E-state index contributed by atoms with van der Waals surface area (Å²) >= 11 is 4.88. The molecule has 1 amide bonds. The van der Waals surface area contributed by atoms with E-state index in [9.17, 15) is 4.79 Å². The van der Waals surface area contributed by atoms with Crippen molar-refractivity contribution in [3.05, 3.63) is 52.8 Å². The van der Waals surface area contributed by atoms with Gasteiger partial charge in [0.1, 0.15) is 10.3 Å². The second-order valence-corrected chi connectivity index (χ2v) is 5.22. The first-order valence-corrected chi connectivity index (χ1v) is 7.29. The van der Waals surface area contributed by atoms with Crippen molar-refractivity contribution in [1.29, 1.82) is 0 Å². The standard InChI is InChI=1S/C13H11BrN2OS/c1-18-10-5-2-4-9(8-10)15-13(17)11-6-3-7-12(14)16-11/h2-8H,1H3,(H,15,17). The van der Waals surface area contributed by atoms with Crippen molar-refractivity contribution in [2.24, 2.45) is 0 Å². The van der Waals surface area contributed by atoms with Crippen LogP contribution in [0.1, 0.15) is 10.5 Å². The Balaban J connectivity index is 2.16. The van der Waals surface area contributed by atoms with Gasteiger partial charge in [0.15, 0.2) is 0 Å². The third kappa shape index (κ3) is 3.34. The van der Waals surface area contributed by atoms with Crippen LogP contribution in [0.25, 0.3) is 0 Å². The molecule has 5 heteroatoms. The fourth-order valence-electron chi connectivity index (χ4n) is 1.43. The van der Waals surface area contributed by atoms with E-state index in [4.69, 9.17) is 0 Å². The number of nitrogens with zero attached hydrogens (tertiary/aromatic N) is 1. The third-order valence-electron chi connectivity index (χ3n) is 2.28. The van der Waals surface area contributed by atoms with Gasteiger partial charge in [-0.1, -0.05) is 12.1 Å². The topological polar surface area (TPSA) is 42.0 Å². The van der Waals surface area contributed by atoms with Crippen molar-refractivity contribution in [2.75, 3.05) is 11.6 Å². The highest BCUT2D eigenvalue weighted by atomic mass is 79.9. The van der Waals surface area contributed by atoms with Crippen molar-refractivity contribution in [2.45, 2.75) is 4.90 Å². The van der Waals surface area contributed by atoms with Gasteiger partial charge in [-0.05, 0) is 52.5 Å². The quantitative estimate of drug-likeness (QED) is 0.690. The number of hydrogen-bond acceptors (Lipinski definition) is 3. The predicted molar refractivity (Wildman–Crippen MR) is 78.1 cm³/mol. The molecule has 0 atom stereocenters. The number of anilines is 1. The first kappa shape index (κ1) is 13.1. The molecular formula is C13H11BrN2OS. The first-order chi connectivity index (χ1) is 8.69. The number of carbonyl (C=O) groups excluding carboxylic acids is 1. The highest BCUT2D eigenvalue weighted by Gasteiger charge is 2.07. The second kappa shape index (κ2) is 6.02. The Labute approximate surface area is 118 Å². The first-order valence-electron chi connectivity index (χ1n) is 5.27. The molecule has 0 radical (unpaired) electrons. The zero-order chi connectivity index (χ0) is 13.0. The number of pyridine rings is 1. The highest BCUT2D eigenvalue weighted by molar-refractivity contribution is 9.10. The fourth-order valence-corrected chi connectivity index (χ4v) is 2.23. The van der Waals surface area contributed by atoms with Crippen molar-refractivity contribution in [1.82, 2.24) is 4.98 Å². The molecule has 18 heavy (non-hydrogen) atoms. The normalized spacial score (nSPS) is 10.1. The maximum Gasteiger partial charge on any atom is 0.274 e. The van der Waals surface area contributed by atoms with Crippen LogP contribution in [0.5, 0.6) is 0 Å². The van der Waals surface area contributed by atoms with Gasteiger partial charge in [0.2, 0.25) is 0 Å².